The van der Waals surface area contributed by atoms with Crippen molar-refractivity contribution in [2.24, 2.45) is 5.92 Å². The maximum atomic E-state index is 12.7. The highest BCUT2D eigenvalue weighted by atomic mass is 79.9. The zero-order valence-electron chi connectivity index (χ0n) is 14.5. The zero-order chi connectivity index (χ0) is 17.4. The normalized spacial score (nSPS) is 26.6. The van der Waals surface area contributed by atoms with Crippen LogP contribution in [-0.4, -0.2) is 39.2 Å². The lowest BCUT2D eigenvalue weighted by molar-refractivity contribution is -0.143. The average molecular weight is 405 g/mol. The summed E-state index contributed by atoms with van der Waals surface area (Å²) >= 11 is 3.52. The second kappa shape index (κ2) is 6.76. The summed E-state index contributed by atoms with van der Waals surface area (Å²) in [6, 6.07) is 8.32. The Labute approximate surface area is 156 Å². The topological polar surface area (TPSA) is 45.5 Å². The molecule has 1 amide bonds. The van der Waals surface area contributed by atoms with E-state index >= 15 is 0 Å². The van der Waals surface area contributed by atoms with Crippen LogP contribution in [0.1, 0.15) is 38.5 Å². The standard InChI is InChI=1S/C20H25BrN2O2/c21-17-5-4-15-6-10-22(18(15)13-17)11-7-19(24)23-12-9-20(25)8-2-1-3-16(20)14-23/h4-6,10,13,16,25H,1-3,7-9,11-12,14H2/t16-,20-/m1/s1. The first-order valence-corrected chi connectivity index (χ1v) is 10.1. The monoisotopic (exact) mass is 404 g/mol. The van der Waals surface area contributed by atoms with E-state index in [2.05, 4.69) is 44.9 Å². The van der Waals surface area contributed by atoms with E-state index in [4.69, 9.17) is 0 Å². The lowest BCUT2D eigenvalue weighted by atomic mass is 9.71. The summed E-state index contributed by atoms with van der Waals surface area (Å²) < 4.78 is 3.21. The molecule has 1 aliphatic heterocycles. The van der Waals surface area contributed by atoms with Gasteiger partial charge in [-0.1, -0.05) is 34.8 Å². The summed E-state index contributed by atoms with van der Waals surface area (Å²) in [5.41, 5.74) is 0.639. The molecule has 2 heterocycles. The Balaban J connectivity index is 1.40. The summed E-state index contributed by atoms with van der Waals surface area (Å²) in [5, 5.41) is 12.0. The molecule has 1 N–H and O–H groups in total. The fourth-order valence-corrected chi connectivity index (χ4v) is 4.87. The molecular weight excluding hydrogens is 380 g/mol. The lowest BCUT2D eigenvalue weighted by Crippen LogP contribution is -2.54. The number of halogens is 1. The molecule has 1 aromatic carbocycles. The summed E-state index contributed by atoms with van der Waals surface area (Å²) in [5.74, 6) is 0.479. The summed E-state index contributed by atoms with van der Waals surface area (Å²) in [6.07, 6.45) is 7.57. The van der Waals surface area contributed by atoms with Crippen molar-refractivity contribution in [3.8, 4) is 0 Å². The number of piperidine rings is 1. The van der Waals surface area contributed by atoms with E-state index in [1.54, 1.807) is 0 Å². The minimum atomic E-state index is -0.516. The average Bonchev–Trinajstić information content (AvgIpc) is 3.01. The van der Waals surface area contributed by atoms with E-state index < -0.39 is 5.60 Å². The molecule has 1 aromatic heterocycles. The Morgan fingerprint density at radius 3 is 3.04 bits per heavy atom. The SMILES string of the molecule is O=C(CCn1ccc2ccc(Br)cc21)N1CC[C@]2(O)CCCC[C@@H]2C1. The van der Waals surface area contributed by atoms with Crippen molar-refractivity contribution in [1.29, 1.82) is 0 Å². The van der Waals surface area contributed by atoms with Crippen molar-refractivity contribution in [3.63, 3.8) is 0 Å². The molecule has 0 unspecified atom stereocenters. The first-order valence-electron chi connectivity index (χ1n) is 9.30. The van der Waals surface area contributed by atoms with Gasteiger partial charge in [0.2, 0.25) is 5.91 Å². The van der Waals surface area contributed by atoms with Gasteiger partial charge in [0.1, 0.15) is 0 Å². The van der Waals surface area contributed by atoms with E-state index in [0.717, 1.165) is 42.2 Å². The number of amides is 1. The third-order valence-electron chi connectivity index (χ3n) is 6.08. The van der Waals surface area contributed by atoms with Crippen molar-refractivity contribution in [3.05, 3.63) is 34.9 Å². The van der Waals surface area contributed by atoms with Crippen molar-refractivity contribution in [1.82, 2.24) is 9.47 Å². The summed E-state index contributed by atoms with van der Waals surface area (Å²) in [6.45, 7) is 2.13. The van der Waals surface area contributed by atoms with Crippen LogP contribution in [0.3, 0.4) is 0 Å². The Morgan fingerprint density at radius 2 is 2.16 bits per heavy atom. The van der Waals surface area contributed by atoms with Gasteiger partial charge in [0.15, 0.2) is 0 Å². The predicted octanol–water partition coefficient (Wildman–Crippen LogP) is 3.95. The smallest absolute Gasteiger partial charge is 0.224 e. The van der Waals surface area contributed by atoms with Gasteiger partial charge in [0, 0.05) is 48.2 Å². The second-order valence-corrected chi connectivity index (χ2v) is 8.51. The van der Waals surface area contributed by atoms with Gasteiger partial charge in [-0.2, -0.15) is 0 Å². The second-order valence-electron chi connectivity index (χ2n) is 7.60. The number of rotatable bonds is 3. The van der Waals surface area contributed by atoms with Crippen LogP contribution in [0, 0.1) is 5.92 Å². The van der Waals surface area contributed by atoms with Crippen molar-refractivity contribution < 1.29 is 9.90 Å². The van der Waals surface area contributed by atoms with Gasteiger partial charge in [0.25, 0.3) is 0 Å². The van der Waals surface area contributed by atoms with E-state index in [1.165, 1.54) is 11.8 Å². The maximum absolute atomic E-state index is 12.7. The number of nitrogens with zero attached hydrogens (tertiary/aromatic N) is 2. The number of carbonyl (C=O) groups is 1. The van der Waals surface area contributed by atoms with Crippen molar-refractivity contribution in [2.75, 3.05) is 13.1 Å². The molecule has 2 aliphatic rings. The molecule has 2 fully saturated rings. The lowest BCUT2D eigenvalue weighted by Gasteiger charge is -2.47. The Bertz CT molecular complexity index is 787. The molecule has 1 aliphatic carbocycles. The zero-order valence-corrected chi connectivity index (χ0v) is 16.0. The predicted molar refractivity (Wildman–Crippen MR) is 102 cm³/mol. The number of benzene rings is 1. The summed E-state index contributed by atoms with van der Waals surface area (Å²) in [7, 11) is 0. The third kappa shape index (κ3) is 3.36. The Morgan fingerprint density at radius 1 is 1.28 bits per heavy atom. The van der Waals surface area contributed by atoms with E-state index in [1.807, 2.05) is 11.0 Å². The fraction of sp³-hybridized carbons (Fsp3) is 0.550. The van der Waals surface area contributed by atoms with Crippen molar-refractivity contribution in [2.45, 2.75) is 50.7 Å². The number of fused-ring (bicyclic) bond motifs is 2. The maximum Gasteiger partial charge on any atom is 0.224 e. The number of hydrogen-bond acceptors (Lipinski definition) is 2. The Kier molecular flexibility index (Phi) is 4.63. The molecule has 0 spiro atoms. The molecule has 2 atom stereocenters. The van der Waals surface area contributed by atoms with Crippen LogP contribution >= 0.6 is 15.9 Å². The van der Waals surface area contributed by atoms with Gasteiger partial charge in [-0.15, -0.1) is 0 Å². The number of aryl methyl sites for hydroxylation is 1. The largest absolute Gasteiger partial charge is 0.389 e. The van der Waals surface area contributed by atoms with Crippen LogP contribution in [0.15, 0.2) is 34.9 Å². The molecule has 25 heavy (non-hydrogen) atoms. The minimum absolute atomic E-state index is 0.212. The van der Waals surface area contributed by atoms with Crippen LogP contribution in [0.25, 0.3) is 10.9 Å². The van der Waals surface area contributed by atoms with Gasteiger partial charge in [-0.05, 0) is 42.8 Å². The van der Waals surface area contributed by atoms with E-state index in [-0.39, 0.29) is 11.8 Å². The van der Waals surface area contributed by atoms with Gasteiger partial charge in [-0.3, -0.25) is 4.79 Å². The van der Waals surface area contributed by atoms with Crippen LogP contribution in [0.5, 0.6) is 0 Å². The van der Waals surface area contributed by atoms with Crippen molar-refractivity contribution >= 4 is 32.7 Å². The summed E-state index contributed by atoms with van der Waals surface area (Å²) in [4.78, 5) is 14.7. The van der Waals surface area contributed by atoms with Gasteiger partial charge in [-0.25, -0.2) is 0 Å². The number of aromatic nitrogens is 1. The first-order chi connectivity index (χ1) is 12.0. The third-order valence-corrected chi connectivity index (χ3v) is 6.58. The van der Waals surface area contributed by atoms with Crippen LogP contribution in [-0.2, 0) is 11.3 Å². The molecule has 4 rings (SSSR count). The molecule has 4 nitrogen and oxygen atoms in total. The highest BCUT2D eigenvalue weighted by molar-refractivity contribution is 9.10. The molecule has 1 saturated heterocycles. The fourth-order valence-electron chi connectivity index (χ4n) is 4.52. The van der Waals surface area contributed by atoms with E-state index in [9.17, 15) is 9.90 Å². The number of likely N-dealkylation sites (tertiary alicyclic amines) is 1. The van der Waals surface area contributed by atoms with Gasteiger partial charge in [0.05, 0.1) is 5.60 Å². The molecule has 5 heteroatoms. The van der Waals surface area contributed by atoms with Crippen LogP contribution in [0.2, 0.25) is 0 Å². The minimum Gasteiger partial charge on any atom is -0.389 e. The van der Waals surface area contributed by atoms with Gasteiger partial charge >= 0.3 is 0 Å². The highest BCUT2D eigenvalue weighted by Gasteiger charge is 2.43. The van der Waals surface area contributed by atoms with Gasteiger partial charge < -0.3 is 14.6 Å². The molecule has 0 radical (unpaired) electrons. The van der Waals surface area contributed by atoms with Crippen LogP contribution in [0.4, 0.5) is 0 Å². The van der Waals surface area contributed by atoms with E-state index in [0.29, 0.717) is 19.5 Å². The highest BCUT2D eigenvalue weighted by Crippen LogP contribution is 2.39. The molecule has 2 aromatic rings. The molecule has 134 valence electrons. The number of aliphatic hydroxyl groups is 1. The number of hydrogen-bond donors (Lipinski definition) is 1. The quantitative estimate of drug-likeness (QED) is 0.841. The first kappa shape index (κ1) is 17.1. The molecule has 1 saturated carbocycles. The number of carbonyl (C=O) groups excluding carboxylic acids is 1. The molecular formula is C20H25BrN2O2. The van der Waals surface area contributed by atoms with Crippen LogP contribution < -0.4 is 0 Å². The Hall–Kier alpha value is -1.33. The molecule has 0 bridgehead atoms.